The monoisotopic (exact) mass is 397 g/mol. The van der Waals surface area contributed by atoms with E-state index in [0.717, 1.165) is 53.7 Å². The molecule has 0 aliphatic carbocycles. The number of hydrogen-bond acceptors (Lipinski definition) is 5. The summed E-state index contributed by atoms with van der Waals surface area (Å²) in [6.07, 6.45) is 3.85. The fourth-order valence-corrected chi connectivity index (χ4v) is 4.59. The lowest BCUT2D eigenvalue weighted by atomic mass is 9.94. The van der Waals surface area contributed by atoms with Crippen LogP contribution in [0.3, 0.4) is 0 Å². The third-order valence-electron chi connectivity index (χ3n) is 5.12. The maximum Gasteiger partial charge on any atom is 0.211 e. The first-order valence-electron chi connectivity index (χ1n) is 9.81. The molecule has 3 aromatic rings. The van der Waals surface area contributed by atoms with Gasteiger partial charge < -0.3 is 14.4 Å². The average Bonchev–Trinajstić information content (AvgIpc) is 3.01. The van der Waals surface area contributed by atoms with Crippen molar-refractivity contribution in [3.8, 4) is 5.88 Å². The minimum atomic E-state index is -0.0195. The van der Waals surface area contributed by atoms with Crippen molar-refractivity contribution in [2.24, 2.45) is 5.92 Å². The molecule has 5 nitrogen and oxygen atoms in total. The van der Waals surface area contributed by atoms with E-state index in [9.17, 15) is 5.11 Å². The van der Waals surface area contributed by atoms with Crippen LogP contribution in [0, 0.1) is 5.92 Å². The van der Waals surface area contributed by atoms with Gasteiger partial charge in [-0.1, -0.05) is 32.5 Å². The van der Waals surface area contributed by atoms with Crippen molar-refractivity contribution in [1.82, 2.24) is 14.5 Å². The first kappa shape index (κ1) is 19.3. The summed E-state index contributed by atoms with van der Waals surface area (Å²) >= 11 is 1.61. The smallest absolute Gasteiger partial charge is 0.211 e. The zero-order valence-electron chi connectivity index (χ0n) is 16.7. The zero-order valence-corrected chi connectivity index (χ0v) is 17.5. The summed E-state index contributed by atoms with van der Waals surface area (Å²) in [6, 6.07) is 10.0. The highest BCUT2D eigenvalue weighted by Gasteiger charge is 2.25. The maximum absolute atomic E-state index is 9.60. The number of aromatic hydroxyl groups is 1. The fraction of sp³-hybridized carbons (Fsp3) is 0.455. The minimum Gasteiger partial charge on any atom is -0.493 e. The van der Waals surface area contributed by atoms with Gasteiger partial charge in [0.25, 0.3) is 0 Å². The van der Waals surface area contributed by atoms with Crippen LogP contribution in [-0.4, -0.2) is 32.9 Å². The highest BCUT2D eigenvalue weighted by molar-refractivity contribution is 7.99. The van der Waals surface area contributed by atoms with Crippen LogP contribution in [0.4, 0.5) is 0 Å². The number of aromatic nitrogens is 3. The number of pyridine rings is 1. The van der Waals surface area contributed by atoms with E-state index in [0.29, 0.717) is 5.92 Å². The lowest BCUT2D eigenvalue weighted by molar-refractivity contribution is 0.0611. The molecule has 0 atom stereocenters. The maximum atomic E-state index is 9.60. The van der Waals surface area contributed by atoms with Crippen LogP contribution in [0.5, 0.6) is 5.88 Å². The molecule has 1 saturated heterocycles. The molecular weight excluding hydrogens is 370 g/mol. The van der Waals surface area contributed by atoms with Crippen LogP contribution < -0.4 is 0 Å². The molecule has 0 spiro atoms. The Hall–Kier alpha value is -2.05. The van der Waals surface area contributed by atoms with E-state index in [1.54, 1.807) is 24.0 Å². The number of benzene rings is 1. The van der Waals surface area contributed by atoms with E-state index in [1.807, 2.05) is 6.07 Å². The summed E-state index contributed by atoms with van der Waals surface area (Å²) in [5.41, 5.74) is 2.20. The first-order valence-corrected chi connectivity index (χ1v) is 10.6. The summed E-state index contributed by atoms with van der Waals surface area (Å²) in [7, 11) is 0. The summed E-state index contributed by atoms with van der Waals surface area (Å²) < 4.78 is 7.95. The van der Waals surface area contributed by atoms with Crippen LogP contribution in [0.1, 0.15) is 39.4 Å². The minimum absolute atomic E-state index is 0.0195. The van der Waals surface area contributed by atoms with Crippen molar-refractivity contribution in [3.63, 3.8) is 0 Å². The molecule has 1 aromatic carbocycles. The van der Waals surface area contributed by atoms with Crippen molar-refractivity contribution in [3.05, 3.63) is 42.4 Å². The third kappa shape index (κ3) is 4.18. The summed E-state index contributed by atoms with van der Waals surface area (Å²) in [5, 5.41) is 9.60. The van der Waals surface area contributed by atoms with Gasteiger partial charge in [-0.05, 0) is 43.0 Å². The lowest BCUT2D eigenvalue weighted by Gasteiger charge is -2.26. The molecule has 6 heteroatoms. The Bertz CT molecular complexity index is 972. The van der Waals surface area contributed by atoms with Crippen LogP contribution >= 0.6 is 11.8 Å². The predicted molar refractivity (Wildman–Crippen MR) is 112 cm³/mol. The van der Waals surface area contributed by atoms with Crippen molar-refractivity contribution in [2.45, 2.75) is 55.4 Å². The van der Waals surface area contributed by atoms with Gasteiger partial charge in [0, 0.05) is 47.2 Å². The van der Waals surface area contributed by atoms with Crippen LogP contribution in [0.15, 0.2) is 46.3 Å². The van der Waals surface area contributed by atoms with Gasteiger partial charge in [0.2, 0.25) is 5.88 Å². The second-order valence-electron chi connectivity index (χ2n) is 8.45. The van der Waals surface area contributed by atoms with E-state index >= 15 is 0 Å². The molecule has 28 heavy (non-hydrogen) atoms. The number of hydrogen-bond donors (Lipinski definition) is 1. The van der Waals surface area contributed by atoms with E-state index < -0.39 is 0 Å². The molecule has 0 saturated carbocycles. The molecular formula is C22H27N3O2S. The SMILES string of the molecule is CC(C)(C)c1nc2cc(Sc3ccnc(O)c3)ccc2n1CC1CCOCC1. The number of nitrogens with zero attached hydrogens (tertiary/aromatic N) is 3. The molecule has 0 bridgehead atoms. The third-order valence-corrected chi connectivity index (χ3v) is 6.10. The highest BCUT2D eigenvalue weighted by atomic mass is 32.2. The van der Waals surface area contributed by atoms with E-state index in [1.165, 1.54) is 5.52 Å². The van der Waals surface area contributed by atoms with E-state index in [2.05, 4.69) is 48.5 Å². The zero-order chi connectivity index (χ0) is 19.7. The Morgan fingerprint density at radius 2 is 1.89 bits per heavy atom. The lowest BCUT2D eigenvalue weighted by Crippen LogP contribution is -2.25. The molecule has 4 rings (SSSR count). The first-order chi connectivity index (χ1) is 13.4. The molecule has 3 heterocycles. The Balaban J connectivity index is 1.69. The number of rotatable bonds is 4. The van der Waals surface area contributed by atoms with Gasteiger partial charge in [-0.15, -0.1) is 0 Å². The molecule has 148 valence electrons. The van der Waals surface area contributed by atoms with Crippen molar-refractivity contribution >= 4 is 22.8 Å². The topological polar surface area (TPSA) is 60.2 Å². The molecule has 1 aliphatic heterocycles. The number of ether oxygens (including phenoxy) is 1. The van der Waals surface area contributed by atoms with Gasteiger partial charge >= 0.3 is 0 Å². The van der Waals surface area contributed by atoms with Crippen LogP contribution in [0.25, 0.3) is 11.0 Å². The second kappa shape index (κ2) is 7.76. The fourth-order valence-electron chi connectivity index (χ4n) is 3.72. The summed E-state index contributed by atoms with van der Waals surface area (Å²) in [6.45, 7) is 9.40. The molecule has 0 radical (unpaired) electrons. The van der Waals surface area contributed by atoms with E-state index in [-0.39, 0.29) is 11.3 Å². The summed E-state index contributed by atoms with van der Waals surface area (Å²) in [4.78, 5) is 10.9. The predicted octanol–water partition coefficient (Wildman–Crippen LogP) is 5.01. The highest BCUT2D eigenvalue weighted by Crippen LogP contribution is 2.34. The largest absolute Gasteiger partial charge is 0.493 e. The van der Waals surface area contributed by atoms with Crippen molar-refractivity contribution in [2.75, 3.05) is 13.2 Å². The van der Waals surface area contributed by atoms with E-state index in [4.69, 9.17) is 9.72 Å². The summed E-state index contributed by atoms with van der Waals surface area (Å²) in [5.74, 6) is 1.82. The molecule has 1 N–H and O–H groups in total. The van der Waals surface area contributed by atoms with Crippen LogP contribution in [-0.2, 0) is 16.7 Å². The Labute approximate surface area is 170 Å². The molecule has 1 aliphatic rings. The number of fused-ring (bicyclic) bond motifs is 1. The average molecular weight is 398 g/mol. The molecule has 1 fully saturated rings. The molecule has 2 aromatic heterocycles. The number of imidazole rings is 1. The van der Waals surface area contributed by atoms with Gasteiger partial charge in [-0.3, -0.25) is 0 Å². The van der Waals surface area contributed by atoms with Crippen molar-refractivity contribution in [1.29, 1.82) is 0 Å². The molecule has 0 amide bonds. The Morgan fingerprint density at radius 3 is 2.61 bits per heavy atom. The van der Waals surface area contributed by atoms with Crippen LogP contribution in [0.2, 0.25) is 0 Å². The standard InChI is InChI=1S/C22H27N3O2S/c1-22(2,3)21-24-18-12-16(28-17-6-9-23-20(26)13-17)4-5-19(18)25(21)14-15-7-10-27-11-8-15/h4-6,9,12-13,15H,7-8,10-11,14H2,1-3H3,(H,23,26). The van der Waals surface area contributed by atoms with Gasteiger partial charge in [0.1, 0.15) is 5.82 Å². The molecule has 0 unspecified atom stereocenters. The Morgan fingerprint density at radius 1 is 1.14 bits per heavy atom. The van der Waals surface area contributed by atoms with Gasteiger partial charge in [-0.25, -0.2) is 9.97 Å². The van der Waals surface area contributed by atoms with Gasteiger partial charge in [-0.2, -0.15) is 0 Å². The quantitative estimate of drug-likeness (QED) is 0.670. The van der Waals surface area contributed by atoms with Gasteiger partial charge in [0.05, 0.1) is 11.0 Å². The normalized spacial score (nSPS) is 16.0. The van der Waals surface area contributed by atoms with Crippen molar-refractivity contribution < 1.29 is 9.84 Å². The Kier molecular flexibility index (Phi) is 5.34. The van der Waals surface area contributed by atoms with Gasteiger partial charge in [0.15, 0.2) is 0 Å². The second-order valence-corrected chi connectivity index (χ2v) is 9.60.